The summed E-state index contributed by atoms with van der Waals surface area (Å²) in [5.41, 5.74) is 0. The lowest BCUT2D eigenvalue weighted by Crippen LogP contribution is -2.13. The third kappa shape index (κ3) is 1.49. The molecule has 0 spiro atoms. The molecule has 0 bridgehead atoms. The van der Waals surface area contributed by atoms with E-state index in [-0.39, 0.29) is 0 Å². The summed E-state index contributed by atoms with van der Waals surface area (Å²) in [7, 11) is 0. The Morgan fingerprint density at radius 2 is 2.08 bits per heavy atom. The molecule has 3 nitrogen and oxygen atoms in total. The maximum Gasteiger partial charge on any atom is 0.216 e. The van der Waals surface area contributed by atoms with Crippen LogP contribution in [0.25, 0.3) is 0 Å². The minimum absolute atomic E-state index is 0.768. The zero-order chi connectivity index (χ0) is 8.39. The first-order chi connectivity index (χ1) is 5.88. The molecule has 3 heteroatoms. The molecule has 1 aliphatic rings. The number of aromatic nitrogens is 2. The lowest BCUT2D eigenvalue weighted by atomic mass is 9.83. The Bertz CT molecular complexity index is 253. The molecule has 1 aromatic rings. The molecule has 1 heterocycles. The quantitative estimate of drug-likeness (QED) is 0.689. The normalized spacial score (nSPS) is 17.8. The molecular formula is C9H14N2O. The Morgan fingerprint density at radius 3 is 2.58 bits per heavy atom. The number of nitrogens with zero attached hydrogens (tertiary/aromatic N) is 2. The highest BCUT2D eigenvalue weighted by Gasteiger charge is 2.20. The van der Waals surface area contributed by atoms with E-state index < -0.39 is 0 Å². The maximum atomic E-state index is 5.42. The Balaban J connectivity index is 1.93. The second kappa shape index (κ2) is 3.25. The molecule has 0 aromatic carbocycles. The van der Waals surface area contributed by atoms with Crippen LogP contribution in [0.15, 0.2) is 4.42 Å². The molecule has 1 saturated carbocycles. The molecule has 1 aromatic heterocycles. The highest BCUT2D eigenvalue weighted by molar-refractivity contribution is 4.86. The predicted octanol–water partition coefficient (Wildman–Crippen LogP) is 1.97. The second-order valence-corrected chi connectivity index (χ2v) is 3.44. The van der Waals surface area contributed by atoms with Gasteiger partial charge in [0.1, 0.15) is 0 Å². The van der Waals surface area contributed by atoms with Crippen LogP contribution in [-0.4, -0.2) is 10.2 Å². The SMILES string of the molecule is CCc1nnc(CC2CCC2)o1. The minimum Gasteiger partial charge on any atom is -0.425 e. The van der Waals surface area contributed by atoms with Crippen molar-refractivity contribution < 1.29 is 4.42 Å². The van der Waals surface area contributed by atoms with E-state index in [0.717, 1.165) is 30.5 Å². The average molecular weight is 166 g/mol. The molecule has 1 aliphatic carbocycles. The molecule has 0 radical (unpaired) electrons. The highest BCUT2D eigenvalue weighted by Crippen LogP contribution is 2.29. The second-order valence-electron chi connectivity index (χ2n) is 3.44. The fourth-order valence-corrected chi connectivity index (χ4v) is 1.46. The first-order valence-corrected chi connectivity index (χ1v) is 4.69. The molecule has 0 amide bonds. The van der Waals surface area contributed by atoms with Gasteiger partial charge in [0.2, 0.25) is 11.8 Å². The van der Waals surface area contributed by atoms with Crippen LogP contribution in [0.4, 0.5) is 0 Å². The summed E-state index contributed by atoms with van der Waals surface area (Å²) >= 11 is 0. The fraction of sp³-hybridized carbons (Fsp3) is 0.778. The predicted molar refractivity (Wildman–Crippen MR) is 44.7 cm³/mol. The van der Waals surface area contributed by atoms with E-state index in [0.29, 0.717) is 0 Å². The molecule has 0 unspecified atom stereocenters. The largest absolute Gasteiger partial charge is 0.425 e. The van der Waals surface area contributed by atoms with Gasteiger partial charge in [-0.15, -0.1) is 10.2 Å². The third-order valence-corrected chi connectivity index (χ3v) is 2.50. The molecule has 0 aliphatic heterocycles. The van der Waals surface area contributed by atoms with Crippen molar-refractivity contribution in [2.75, 3.05) is 0 Å². The Kier molecular flexibility index (Phi) is 2.11. The van der Waals surface area contributed by atoms with Crippen LogP contribution in [-0.2, 0) is 12.8 Å². The van der Waals surface area contributed by atoms with E-state index in [4.69, 9.17) is 4.42 Å². The highest BCUT2D eigenvalue weighted by atomic mass is 16.4. The molecule has 0 saturated heterocycles. The average Bonchev–Trinajstić information content (AvgIpc) is 2.44. The summed E-state index contributed by atoms with van der Waals surface area (Å²) in [4.78, 5) is 0. The summed E-state index contributed by atoms with van der Waals surface area (Å²) in [6.45, 7) is 2.03. The van der Waals surface area contributed by atoms with Gasteiger partial charge in [-0.3, -0.25) is 0 Å². The van der Waals surface area contributed by atoms with Gasteiger partial charge in [0, 0.05) is 12.8 Å². The molecule has 2 rings (SSSR count). The van der Waals surface area contributed by atoms with Gasteiger partial charge in [0.15, 0.2) is 0 Å². The van der Waals surface area contributed by atoms with Crippen LogP contribution in [0.2, 0.25) is 0 Å². The summed E-state index contributed by atoms with van der Waals surface area (Å²) in [6.07, 6.45) is 5.89. The van der Waals surface area contributed by atoms with E-state index in [1.807, 2.05) is 6.92 Å². The van der Waals surface area contributed by atoms with Crippen molar-refractivity contribution in [1.29, 1.82) is 0 Å². The van der Waals surface area contributed by atoms with Crippen molar-refractivity contribution >= 4 is 0 Å². The van der Waals surface area contributed by atoms with Crippen molar-refractivity contribution in [3.05, 3.63) is 11.8 Å². The van der Waals surface area contributed by atoms with Crippen LogP contribution in [0.5, 0.6) is 0 Å². The first kappa shape index (κ1) is 7.77. The van der Waals surface area contributed by atoms with E-state index >= 15 is 0 Å². The van der Waals surface area contributed by atoms with Crippen LogP contribution in [0, 0.1) is 5.92 Å². The molecule has 0 N–H and O–H groups in total. The first-order valence-electron chi connectivity index (χ1n) is 4.69. The van der Waals surface area contributed by atoms with Crippen LogP contribution < -0.4 is 0 Å². The Morgan fingerprint density at radius 1 is 1.33 bits per heavy atom. The molecule has 12 heavy (non-hydrogen) atoms. The summed E-state index contributed by atoms with van der Waals surface area (Å²) < 4.78 is 5.42. The van der Waals surface area contributed by atoms with E-state index in [9.17, 15) is 0 Å². The smallest absolute Gasteiger partial charge is 0.216 e. The summed E-state index contributed by atoms with van der Waals surface area (Å²) in [5, 5.41) is 7.92. The van der Waals surface area contributed by atoms with Gasteiger partial charge in [0.05, 0.1) is 0 Å². The van der Waals surface area contributed by atoms with Crippen molar-refractivity contribution in [2.24, 2.45) is 5.92 Å². The topological polar surface area (TPSA) is 38.9 Å². The number of hydrogen-bond acceptors (Lipinski definition) is 3. The lowest BCUT2D eigenvalue weighted by molar-refractivity contribution is 0.287. The van der Waals surface area contributed by atoms with E-state index in [2.05, 4.69) is 10.2 Å². The van der Waals surface area contributed by atoms with E-state index in [1.165, 1.54) is 19.3 Å². The van der Waals surface area contributed by atoms with Gasteiger partial charge in [-0.25, -0.2) is 0 Å². The minimum atomic E-state index is 0.768. The molecule has 0 atom stereocenters. The zero-order valence-corrected chi connectivity index (χ0v) is 7.42. The van der Waals surface area contributed by atoms with Crippen molar-refractivity contribution in [2.45, 2.75) is 39.0 Å². The van der Waals surface area contributed by atoms with Gasteiger partial charge in [-0.2, -0.15) is 0 Å². The molecular weight excluding hydrogens is 152 g/mol. The number of rotatable bonds is 3. The summed E-state index contributed by atoms with van der Waals surface area (Å²) in [6, 6.07) is 0. The van der Waals surface area contributed by atoms with Gasteiger partial charge >= 0.3 is 0 Å². The van der Waals surface area contributed by atoms with Crippen molar-refractivity contribution in [3.8, 4) is 0 Å². The lowest BCUT2D eigenvalue weighted by Gasteiger charge is -2.23. The molecule has 1 fully saturated rings. The van der Waals surface area contributed by atoms with Crippen molar-refractivity contribution in [3.63, 3.8) is 0 Å². The van der Waals surface area contributed by atoms with Crippen LogP contribution >= 0.6 is 0 Å². The number of hydrogen-bond donors (Lipinski definition) is 0. The van der Waals surface area contributed by atoms with Gasteiger partial charge in [-0.1, -0.05) is 13.3 Å². The van der Waals surface area contributed by atoms with Gasteiger partial charge in [-0.05, 0) is 18.8 Å². The molecule has 66 valence electrons. The summed E-state index contributed by atoms with van der Waals surface area (Å²) in [5.74, 6) is 2.41. The van der Waals surface area contributed by atoms with Crippen LogP contribution in [0.3, 0.4) is 0 Å². The standard InChI is InChI=1S/C9H14N2O/c1-2-8-10-11-9(12-8)6-7-4-3-5-7/h7H,2-6H2,1H3. The Labute approximate surface area is 72.2 Å². The maximum absolute atomic E-state index is 5.42. The zero-order valence-electron chi connectivity index (χ0n) is 7.42. The van der Waals surface area contributed by atoms with E-state index in [1.54, 1.807) is 0 Å². The van der Waals surface area contributed by atoms with Crippen molar-refractivity contribution in [1.82, 2.24) is 10.2 Å². The third-order valence-electron chi connectivity index (χ3n) is 2.50. The van der Waals surface area contributed by atoms with Gasteiger partial charge in [0.25, 0.3) is 0 Å². The van der Waals surface area contributed by atoms with Gasteiger partial charge < -0.3 is 4.42 Å². The Hall–Kier alpha value is -0.860. The fourth-order valence-electron chi connectivity index (χ4n) is 1.46. The number of aryl methyl sites for hydroxylation is 1. The monoisotopic (exact) mass is 166 g/mol. The van der Waals surface area contributed by atoms with Crippen LogP contribution in [0.1, 0.15) is 38.0 Å².